The Kier molecular flexibility index (Phi) is 29.2. The highest BCUT2D eigenvalue weighted by Gasteiger charge is 2.11. The molecule has 0 radical (unpaired) electrons. The molecule has 1 atom stereocenters. The SMILES string of the molecule is CCCCCCC/C=C\C(CCCCCCC(=O)O)OC(=O)CCCCCCCCCCCCCCCC. The van der Waals surface area contributed by atoms with Crippen molar-refractivity contribution >= 4 is 11.9 Å². The molecule has 38 heavy (non-hydrogen) atoms. The summed E-state index contributed by atoms with van der Waals surface area (Å²) < 4.78 is 5.83. The van der Waals surface area contributed by atoms with Crippen LogP contribution in [-0.2, 0) is 14.3 Å². The van der Waals surface area contributed by atoms with Gasteiger partial charge in [-0.2, -0.15) is 0 Å². The normalized spacial score (nSPS) is 12.3. The molecule has 0 spiro atoms. The summed E-state index contributed by atoms with van der Waals surface area (Å²) in [6.07, 6.45) is 35.2. The van der Waals surface area contributed by atoms with Gasteiger partial charge in [-0.3, -0.25) is 9.59 Å². The topological polar surface area (TPSA) is 63.6 Å². The van der Waals surface area contributed by atoms with E-state index in [4.69, 9.17) is 9.84 Å². The summed E-state index contributed by atoms with van der Waals surface area (Å²) in [6, 6.07) is 0. The van der Waals surface area contributed by atoms with Gasteiger partial charge in [0, 0.05) is 12.8 Å². The minimum absolute atomic E-state index is 0.0626. The molecule has 1 unspecified atom stereocenters. The fourth-order valence-electron chi connectivity index (χ4n) is 4.98. The first-order valence-corrected chi connectivity index (χ1v) is 16.7. The molecule has 0 bridgehead atoms. The van der Waals surface area contributed by atoms with E-state index in [9.17, 15) is 9.59 Å². The highest BCUT2D eigenvalue weighted by molar-refractivity contribution is 5.69. The molecule has 4 nitrogen and oxygen atoms in total. The third-order valence-corrected chi connectivity index (χ3v) is 7.47. The lowest BCUT2D eigenvalue weighted by Crippen LogP contribution is -2.16. The molecule has 0 heterocycles. The summed E-state index contributed by atoms with van der Waals surface area (Å²) in [5.74, 6) is -0.783. The number of carbonyl (C=O) groups is 2. The smallest absolute Gasteiger partial charge is 0.306 e. The van der Waals surface area contributed by atoms with Gasteiger partial charge in [0.2, 0.25) is 0 Å². The molecule has 1 N–H and O–H groups in total. The maximum absolute atomic E-state index is 12.5. The molecular formula is C34H64O4. The van der Waals surface area contributed by atoms with Gasteiger partial charge in [0.15, 0.2) is 0 Å². The molecule has 0 aliphatic carbocycles. The Hall–Kier alpha value is -1.32. The lowest BCUT2D eigenvalue weighted by atomic mass is 10.0. The monoisotopic (exact) mass is 536 g/mol. The Morgan fingerprint density at radius 1 is 0.579 bits per heavy atom. The van der Waals surface area contributed by atoms with Gasteiger partial charge in [-0.05, 0) is 44.6 Å². The maximum atomic E-state index is 12.5. The van der Waals surface area contributed by atoms with Gasteiger partial charge in [-0.1, -0.05) is 142 Å². The fraction of sp³-hybridized carbons (Fsp3) is 0.882. The number of ether oxygens (including phenoxy) is 1. The van der Waals surface area contributed by atoms with Crippen molar-refractivity contribution in [3.05, 3.63) is 12.2 Å². The van der Waals surface area contributed by atoms with Crippen LogP contribution < -0.4 is 0 Å². The second kappa shape index (κ2) is 30.2. The average Bonchev–Trinajstić information content (AvgIpc) is 2.89. The zero-order valence-electron chi connectivity index (χ0n) is 25.5. The van der Waals surface area contributed by atoms with E-state index in [0.717, 1.165) is 51.4 Å². The van der Waals surface area contributed by atoms with Crippen molar-refractivity contribution in [1.82, 2.24) is 0 Å². The van der Waals surface area contributed by atoms with E-state index in [1.807, 2.05) is 0 Å². The average molecular weight is 537 g/mol. The Labute approximate surface area is 236 Å². The van der Waals surface area contributed by atoms with Gasteiger partial charge in [-0.25, -0.2) is 0 Å². The Morgan fingerprint density at radius 2 is 1.00 bits per heavy atom. The zero-order valence-corrected chi connectivity index (χ0v) is 25.5. The van der Waals surface area contributed by atoms with E-state index in [-0.39, 0.29) is 18.5 Å². The lowest BCUT2D eigenvalue weighted by Gasteiger charge is -2.15. The third kappa shape index (κ3) is 29.2. The maximum Gasteiger partial charge on any atom is 0.306 e. The number of hydrogen-bond donors (Lipinski definition) is 1. The molecule has 4 heteroatoms. The largest absolute Gasteiger partial charge is 0.481 e. The first-order chi connectivity index (χ1) is 18.6. The second-order valence-corrected chi connectivity index (χ2v) is 11.4. The first kappa shape index (κ1) is 36.7. The van der Waals surface area contributed by atoms with E-state index >= 15 is 0 Å². The highest BCUT2D eigenvalue weighted by atomic mass is 16.5. The molecule has 0 aromatic carbocycles. The second-order valence-electron chi connectivity index (χ2n) is 11.4. The molecule has 0 fully saturated rings. The van der Waals surface area contributed by atoms with Gasteiger partial charge in [-0.15, -0.1) is 0 Å². The third-order valence-electron chi connectivity index (χ3n) is 7.47. The number of esters is 1. The Bertz CT molecular complexity index is 543. The van der Waals surface area contributed by atoms with Crippen molar-refractivity contribution in [3.63, 3.8) is 0 Å². The zero-order chi connectivity index (χ0) is 27.9. The number of allylic oxidation sites excluding steroid dienone is 1. The number of carboxylic acids is 1. The van der Waals surface area contributed by atoms with Crippen molar-refractivity contribution in [2.24, 2.45) is 0 Å². The summed E-state index contributed by atoms with van der Waals surface area (Å²) in [4.78, 5) is 23.1. The van der Waals surface area contributed by atoms with Crippen LogP contribution in [0.4, 0.5) is 0 Å². The first-order valence-electron chi connectivity index (χ1n) is 16.7. The summed E-state index contributed by atoms with van der Waals surface area (Å²) in [7, 11) is 0. The fourth-order valence-corrected chi connectivity index (χ4v) is 4.98. The van der Waals surface area contributed by atoms with Crippen LogP contribution in [0.5, 0.6) is 0 Å². The van der Waals surface area contributed by atoms with Gasteiger partial charge < -0.3 is 9.84 Å². The van der Waals surface area contributed by atoms with Crippen LogP contribution >= 0.6 is 0 Å². The molecule has 224 valence electrons. The van der Waals surface area contributed by atoms with E-state index in [2.05, 4.69) is 26.0 Å². The van der Waals surface area contributed by atoms with Crippen molar-refractivity contribution in [2.75, 3.05) is 0 Å². The van der Waals surface area contributed by atoms with E-state index < -0.39 is 5.97 Å². The molecule has 0 aromatic heterocycles. The predicted molar refractivity (Wildman–Crippen MR) is 163 cm³/mol. The van der Waals surface area contributed by atoms with Gasteiger partial charge >= 0.3 is 11.9 Å². The summed E-state index contributed by atoms with van der Waals surface area (Å²) in [6.45, 7) is 4.51. The minimum Gasteiger partial charge on any atom is -0.481 e. The molecule has 0 aliphatic rings. The Morgan fingerprint density at radius 3 is 1.50 bits per heavy atom. The number of aliphatic carboxylic acids is 1. The van der Waals surface area contributed by atoms with Gasteiger partial charge in [0.1, 0.15) is 6.10 Å². The van der Waals surface area contributed by atoms with Crippen LogP contribution in [0, 0.1) is 0 Å². The van der Waals surface area contributed by atoms with Crippen LogP contribution in [0.25, 0.3) is 0 Å². The molecule has 0 rings (SSSR count). The minimum atomic E-state index is -0.720. The van der Waals surface area contributed by atoms with Crippen LogP contribution in [0.3, 0.4) is 0 Å². The lowest BCUT2D eigenvalue weighted by molar-refractivity contribution is -0.147. The van der Waals surface area contributed by atoms with Crippen LogP contribution in [0.15, 0.2) is 12.2 Å². The predicted octanol–water partition coefficient (Wildman–Crippen LogP) is 11.1. The van der Waals surface area contributed by atoms with E-state index in [1.165, 1.54) is 109 Å². The molecule has 0 aromatic rings. The number of carbonyl (C=O) groups excluding carboxylic acids is 1. The molecule has 0 amide bonds. The summed E-state index contributed by atoms with van der Waals surface area (Å²) >= 11 is 0. The molecule has 0 aliphatic heterocycles. The standard InChI is InChI=1S/C34H64O4/c1-3-5-7-9-11-12-13-14-15-16-17-19-21-27-31-34(37)38-32(28-24-20-18-10-8-6-4-2)29-25-22-23-26-30-33(35)36/h24,28,32H,3-23,25-27,29-31H2,1-2H3,(H,35,36)/b28-24-. The number of unbranched alkanes of at least 4 members (excludes halogenated alkanes) is 21. The van der Waals surface area contributed by atoms with Crippen molar-refractivity contribution in [2.45, 2.75) is 193 Å². The van der Waals surface area contributed by atoms with Crippen molar-refractivity contribution in [3.8, 4) is 0 Å². The van der Waals surface area contributed by atoms with Crippen molar-refractivity contribution < 1.29 is 19.4 Å². The molecular weight excluding hydrogens is 472 g/mol. The quantitative estimate of drug-likeness (QED) is 0.0563. The molecule has 0 saturated heterocycles. The number of carboxylic acid groups (broad SMARTS) is 1. The number of rotatable bonds is 30. The van der Waals surface area contributed by atoms with Crippen LogP contribution in [0.1, 0.15) is 187 Å². The Balaban J connectivity index is 3.96. The van der Waals surface area contributed by atoms with Gasteiger partial charge in [0.25, 0.3) is 0 Å². The summed E-state index contributed by atoms with van der Waals surface area (Å²) in [5, 5.41) is 8.78. The van der Waals surface area contributed by atoms with E-state index in [0.29, 0.717) is 6.42 Å². The van der Waals surface area contributed by atoms with Crippen LogP contribution in [-0.4, -0.2) is 23.1 Å². The van der Waals surface area contributed by atoms with Crippen molar-refractivity contribution in [1.29, 1.82) is 0 Å². The number of hydrogen-bond acceptors (Lipinski definition) is 3. The van der Waals surface area contributed by atoms with E-state index in [1.54, 1.807) is 0 Å². The highest BCUT2D eigenvalue weighted by Crippen LogP contribution is 2.16. The molecule has 0 saturated carbocycles. The van der Waals surface area contributed by atoms with Crippen LogP contribution in [0.2, 0.25) is 0 Å². The van der Waals surface area contributed by atoms with Gasteiger partial charge in [0.05, 0.1) is 0 Å². The summed E-state index contributed by atoms with van der Waals surface area (Å²) in [5.41, 5.74) is 0.